The lowest BCUT2D eigenvalue weighted by molar-refractivity contribution is -0.136. The first-order valence-corrected chi connectivity index (χ1v) is 6.33. The van der Waals surface area contributed by atoms with Crippen molar-refractivity contribution in [1.82, 2.24) is 4.40 Å². The minimum atomic E-state index is -4.43. The maximum Gasteiger partial charge on any atom is 0.418 e. The molecule has 0 amide bonds. The summed E-state index contributed by atoms with van der Waals surface area (Å²) in [5.41, 5.74) is 1.09. The smallest absolute Gasteiger partial charge is 0.418 e. The number of alkyl halides is 4. The van der Waals surface area contributed by atoms with Gasteiger partial charge in [-0.15, -0.1) is 11.6 Å². The van der Waals surface area contributed by atoms with Crippen LogP contribution in [0.15, 0.2) is 47.5 Å². The Hall–Kier alpha value is -1.88. The van der Waals surface area contributed by atoms with E-state index in [9.17, 15) is 13.2 Å². The van der Waals surface area contributed by atoms with Crippen molar-refractivity contribution in [3.05, 3.63) is 54.2 Å². The third-order valence-corrected chi connectivity index (χ3v) is 3.38. The lowest BCUT2D eigenvalue weighted by Gasteiger charge is -2.11. The summed E-state index contributed by atoms with van der Waals surface area (Å²) in [5, 5.41) is 0. The molecule has 0 fully saturated rings. The van der Waals surface area contributed by atoms with E-state index in [1.165, 1.54) is 23.0 Å². The number of rotatable bonds is 2. The first kappa shape index (κ1) is 13.1. The first-order valence-electron chi connectivity index (χ1n) is 5.79. The fourth-order valence-electron chi connectivity index (χ4n) is 2.16. The largest absolute Gasteiger partial charge is 0.472 e. The minimum Gasteiger partial charge on any atom is -0.472 e. The molecule has 0 aliphatic heterocycles. The molecule has 3 aromatic rings. The van der Waals surface area contributed by atoms with Crippen LogP contribution in [-0.4, -0.2) is 4.40 Å². The van der Waals surface area contributed by atoms with Crippen molar-refractivity contribution in [2.45, 2.75) is 12.1 Å². The number of furan rings is 1. The van der Waals surface area contributed by atoms with E-state index in [2.05, 4.69) is 0 Å². The molecule has 0 N–H and O–H groups in total. The summed E-state index contributed by atoms with van der Waals surface area (Å²) in [5.74, 6) is 0.167. The average molecular weight is 300 g/mol. The molecular weight excluding hydrogens is 291 g/mol. The fraction of sp³-hybridized carbons (Fsp3) is 0.143. The van der Waals surface area contributed by atoms with Crippen LogP contribution >= 0.6 is 11.6 Å². The highest BCUT2D eigenvalue weighted by Gasteiger charge is 2.33. The lowest BCUT2D eigenvalue weighted by Crippen LogP contribution is -2.07. The van der Waals surface area contributed by atoms with E-state index < -0.39 is 11.7 Å². The zero-order valence-corrected chi connectivity index (χ0v) is 10.9. The van der Waals surface area contributed by atoms with E-state index in [1.807, 2.05) is 0 Å². The number of hydrogen-bond donors (Lipinski definition) is 0. The van der Waals surface area contributed by atoms with E-state index in [-0.39, 0.29) is 11.4 Å². The first-order chi connectivity index (χ1) is 9.49. The molecule has 0 saturated carbocycles. The number of aromatic nitrogens is 1. The summed E-state index contributed by atoms with van der Waals surface area (Å²) < 4.78 is 45.9. The maximum absolute atomic E-state index is 13.2. The Morgan fingerprint density at radius 3 is 2.55 bits per heavy atom. The Morgan fingerprint density at radius 1 is 1.15 bits per heavy atom. The lowest BCUT2D eigenvalue weighted by atomic mass is 10.1. The van der Waals surface area contributed by atoms with Crippen molar-refractivity contribution in [1.29, 1.82) is 0 Å². The van der Waals surface area contributed by atoms with Crippen LogP contribution in [0.25, 0.3) is 16.6 Å². The van der Waals surface area contributed by atoms with Crippen LogP contribution in [0.1, 0.15) is 11.1 Å². The monoisotopic (exact) mass is 299 g/mol. The van der Waals surface area contributed by atoms with Crippen LogP contribution in [0.2, 0.25) is 0 Å². The highest BCUT2D eigenvalue weighted by Crippen LogP contribution is 2.36. The molecule has 0 aliphatic rings. The fourth-order valence-corrected chi connectivity index (χ4v) is 2.31. The zero-order valence-electron chi connectivity index (χ0n) is 10.1. The SMILES string of the molecule is FC(F)(F)c1cc(-c2ccoc2)cn2cc(CCl)cc12. The van der Waals surface area contributed by atoms with Gasteiger partial charge in [0.25, 0.3) is 0 Å². The summed E-state index contributed by atoms with van der Waals surface area (Å²) in [6.07, 6.45) is 1.63. The van der Waals surface area contributed by atoms with Crippen LogP contribution in [0, 0.1) is 0 Å². The van der Waals surface area contributed by atoms with E-state index in [1.54, 1.807) is 18.5 Å². The standard InChI is InChI=1S/C14H9ClF3NO/c15-5-9-3-13-12(14(16,17)18)4-11(7-19(13)6-9)10-1-2-20-8-10/h1-4,6-8H,5H2. The number of fused-ring (bicyclic) bond motifs is 1. The molecule has 0 spiro atoms. The molecule has 0 aliphatic carbocycles. The normalized spacial score (nSPS) is 12.2. The molecule has 3 heterocycles. The van der Waals surface area contributed by atoms with Gasteiger partial charge in [0, 0.05) is 29.4 Å². The Morgan fingerprint density at radius 2 is 1.95 bits per heavy atom. The van der Waals surface area contributed by atoms with Crippen molar-refractivity contribution >= 4 is 17.1 Å². The van der Waals surface area contributed by atoms with Crippen LogP contribution in [-0.2, 0) is 12.1 Å². The van der Waals surface area contributed by atoms with Gasteiger partial charge in [0.05, 0.1) is 23.6 Å². The quantitative estimate of drug-likeness (QED) is 0.612. The van der Waals surface area contributed by atoms with Gasteiger partial charge in [-0.3, -0.25) is 0 Å². The second kappa shape index (κ2) is 4.59. The zero-order chi connectivity index (χ0) is 14.3. The minimum absolute atomic E-state index is 0.0976. The van der Waals surface area contributed by atoms with Gasteiger partial charge in [-0.2, -0.15) is 13.2 Å². The third-order valence-electron chi connectivity index (χ3n) is 3.07. The molecule has 0 saturated heterocycles. The van der Waals surface area contributed by atoms with E-state index in [0.717, 1.165) is 6.07 Å². The van der Waals surface area contributed by atoms with Gasteiger partial charge in [-0.1, -0.05) is 0 Å². The summed E-state index contributed by atoms with van der Waals surface area (Å²) in [6.45, 7) is 0. The van der Waals surface area contributed by atoms with Crippen LogP contribution in [0.5, 0.6) is 0 Å². The summed E-state index contributed by atoms with van der Waals surface area (Å²) in [6, 6.07) is 4.19. The van der Waals surface area contributed by atoms with Crippen molar-refractivity contribution in [2.24, 2.45) is 0 Å². The van der Waals surface area contributed by atoms with Gasteiger partial charge < -0.3 is 8.82 Å². The van der Waals surface area contributed by atoms with E-state index >= 15 is 0 Å². The van der Waals surface area contributed by atoms with Crippen LogP contribution in [0.4, 0.5) is 13.2 Å². The van der Waals surface area contributed by atoms with Crippen LogP contribution < -0.4 is 0 Å². The Bertz CT molecular complexity index is 744. The molecule has 3 rings (SSSR count). The molecule has 20 heavy (non-hydrogen) atoms. The van der Waals surface area contributed by atoms with E-state index in [4.69, 9.17) is 16.0 Å². The molecule has 0 bridgehead atoms. The van der Waals surface area contributed by atoms with Crippen molar-refractivity contribution < 1.29 is 17.6 Å². The molecule has 104 valence electrons. The Labute approximate surface area is 117 Å². The number of halogens is 4. The predicted octanol–water partition coefficient (Wildman–Crippen LogP) is 4.96. The van der Waals surface area contributed by atoms with Gasteiger partial charge in [0.1, 0.15) is 0 Å². The Balaban J connectivity index is 2.30. The topological polar surface area (TPSA) is 17.6 Å². The second-order valence-electron chi connectivity index (χ2n) is 4.43. The summed E-state index contributed by atoms with van der Waals surface area (Å²) in [4.78, 5) is 0. The number of pyridine rings is 1. The predicted molar refractivity (Wildman–Crippen MR) is 69.7 cm³/mol. The molecule has 0 radical (unpaired) electrons. The van der Waals surface area contributed by atoms with Crippen molar-refractivity contribution in [3.8, 4) is 11.1 Å². The van der Waals surface area contributed by atoms with E-state index in [0.29, 0.717) is 16.7 Å². The van der Waals surface area contributed by atoms with Gasteiger partial charge in [0.2, 0.25) is 0 Å². The number of nitrogens with zero attached hydrogens (tertiary/aromatic N) is 1. The van der Waals surface area contributed by atoms with Crippen LogP contribution in [0.3, 0.4) is 0 Å². The number of hydrogen-bond acceptors (Lipinski definition) is 1. The Kier molecular flexibility index (Phi) is 3.01. The van der Waals surface area contributed by atoms with Crippen molar-refractivity contribution in [2.75, 3.05) is 0 Å². The molecule has 0 aromatic carbocycles. The molecule has 6 heteroatoms. The summed E-state index contributed by atoms with van der Waals surface area (Å²) in [7, 11) is 0. The molecular formula is C14H9ClF3NO. The van der Waals surface area contributed by atoms with Crippen molar-refractivity contribution in [3.63, 3.8) is 0 Å². The maximum atomic E-state index is 13.2. The molecule has 0 atom stereocenters. The highest BCUT2D eigenvalue weighted by molar-refractivity contribution is 6.17. The second-order valence-corrected chi connectivity index (χ2v) is 4.69. The van der Waals surface area contributed by atoms with Gasteiger partial charge >= 0.3 is 6.18 Å². The average Bonchev–Trinajstić information content (AvgIpc) is 3.04. The van der Waals surface area contributed by atoms with Gasteiger partial charge in [0.15, 0.2) is 0 Å². The molecule has 3 aromatic heterocycles. The molecule has 2 nitrogen and oxygen atoms in total. The van der Waals surface area contributed by atoms with Gasteiger partial charge in [-0.25, -0.2) is 0 Å². The summed E-state index contributed by atoms with van der Waals surface area (Å²) >= 11 is 5.69. The third kappa shape index (κ3) is 2.18. The highest BCUT2D eigenvalue weighted by atomic mass is 35.5. The van der Waals surface area contributed by atoms with Gasteiger partial charge in [-0.05, 0) is 23.8 Å². The molecule has 0 unspecified atom stereocenters.